The Balaban J connectivity index is 1.15. The highest BCUT2D eigenvalue weighted by Crippen LogP contribution is 2.47. The molecule has 2 aliphatic carbocycles. The summed E-state index contributed by atoms with van der Waals surface area (Å²) in [6.45, 7) is 6.64. The summed E-state index contributed by atoms with van der Waals surface area (Å²) in [6.07, 6.45) is 10.0. The van der Waals surface area contributed by atoms with Gasteiger partial charge in [-0.1, -0.05) is 36.7 Å². The summed E-state index contributed by atoms with van der Waals surface area (Å²) in [4.78, 5) is 31.4. The van der Waals surface area contributed by atoms with E-state index in [4.69, 9.17) is 25.8 Å². The van der Waals surface area contributed by atoms with Crippen molar-refractivity contribution in [2.24, 2.45) is 34.0 Å². The van der Waals surface area contributed by atoms with Gasteiger partial charge in [0.15, 0.2) is 0 Å². The lowest BCUT2D eigenvalue weighted by Gasteiger charge is -2.46. The molecule has 51 heavy (non-hydrogen) atoms. The van der Waals surface area contributed by atoms with E-state index in [-0.39, 0.29) is 23.2 Å². The number of likely N-dealkylation sites (tertiary alicyclic amines) is 1. The number of ether oxygens (including phenoxy) is 3. The maximum Gasteiger partial charge on any atom is 0.329 e. The molecule has 1 spiro atoms. The van der Waals surface area contributed by atoms with Crippen molar-refractivity contribution >= 4 is 39.1 Å². The first-order chi connectivity index (χ1) is 24.6. The molecule has 12 heteroatoms. The first-order valence-electron chi connectivity index (χ1n) is 18.6. The third-order valence-electron chi connectivity index (χ3n) is 12.3. The van der Waals surface area contributed by atoms with Crippen molar-refractivity contribution < 1.29 is 28.0 Å². The number of aryl methyl sites for hydroxylation is 1. The summed E-state index contributed by atoms with van der Waals surface area (Å²) in [7, 11) is -1.68. The Morgan fingerprint density at radius 2 is 1.94 bits per heavy atom. The smallest absolute Gasteiger partial charge is 0.329 e. The van der Waals surface area contributed by atoms with E-state index in [0.717, 1.165) is 74.9 Å². The van der Waals surface area contributed by atoms with Gasteiger partial charge in [-0.05, 0) is 97.7 Å². The van der Waals surface area contributed by atoms with Gasteiger partial charge in [0.05, 0.1) is 37.4 Å². The van der Waals surface area contributed by atoms with Crippen molar-refractivity contribution in [2.45, 2.75) is 57.0 Å². The number of amides is 3. The van der Waals surface area contributed by atoms with Crippen molar-refractivity contribution in [3.05, 3.63) is 70.3 Å². The monoisotopic (exact) mass is 736 g/mol. The number of hydrogen-bond acceptors (Lipinski definition) is 7. The lowest BCUT2D eigenvalue weighted by atomic mass is 9.68. The standard InChI is InChI=1S/C39H49ClN4O6S/c1-25-5-3-7-35(48-2)32-11-8-28(32)17-44-23-39(14-4-6-26-15-31(40)10-12-33(26)39)24-50-36-13-9-27(16-34(36)44)37(45)41-51(47,22-25)42-38(46)43-18-29(19-43)30-20-49-21-30/h3,7,9-10,12-13,15-16,25,28-30,32,35H,4-6,8,11,14,17-24H2,1-2H3,(H,41,42,45,46,47)/b7-3-/t25-,28-,32+,35-,39-,51?/m0/s1. The minimum Gasteiger partial charge on any atom is -0.490 e. The molecular formula is C39H49ClN4O6S. The fourth-order valence-corrected chi connectivity index (χ4v) is 11.2. The number of halogens is 1. The predicted octanol–water partition coefficient (Wildman–Crippen LogP) is 6.26. The Kier molecular flexibility index (Phi) is 9.61. The molecule has 2 saturated heterocycles. The van der Waals surface area contributed by atoms with Crippen LogP contribution in [-0.4, -0.2) is 86.0 Å². The Hall–Kier alpha value is -3.12. The number of benzene rings is 2. The Morgan fingerprint density at radius 3 is 2.69 bits per heavy atom. The highest BCUT2D eigenvalue weighted by atomic mass is 35.5. The zero-order valence-corrected chi connectivity index (χ0v) is 31.1. The van der Waals surface area contributed by atoms with Gasteiger partial charge in [-0.2, -0.15) is 0 Å². The first-order valence-corrected chi connectivity index (χ1v) is 20.6. The molecule has 8 rings (SSSR count). The van der Waals surface area contributed by atoms with Crippen LogP contribution in [0.3, 0.4) is 0 Å². The number of allylic oxidation sites excluding steroid dienone is 1. The molecule has 2 aromatic rings. The molecule has 1 N–H and O–H groups in total. The van der Waals surface area contributed by atoms with Crippen LogP contribution >= 0.6 is 11.6 Å². The summed E-state index contributed by atoms with van der Waals surface area (Å²) < 4.78 is 39.6. The van der Waals surface area contributed by atoms with E-state index in [1.54, 1.807) is 18.1 Å². The number of urea groups is 1. The quantitative estimate of drug-likeness (QED) is 0.371. The minimum atomic E-state index is -3.45. The van der Waals surface area contributed by atoms with Gasteiger partial charge in [0.25, 0.3) is 5.91 Å². The molecule has 3 amide bonds. The molecular weight excluding hydrogens is 688 g/mol. The highest BCUT2D eigenvalue weighted by molar-refractivity contribution is 7.92. The summed E-state index contributed by atoms with van der Waals surface area (Å²) in [5, 5.41) is 0.747. The molecule has 0 aromatic heterocycles. The van der Waals surface area contributed by atoms with Crippen molar-refractivity contribution in [3.63, 3.8) is 0 Å². The van der Waals surface area contributed by atoms with Gasteiger partial charge in [0.1, 0.15) is 15.7 Å². The number of carbonyl (C=O) groups is 2. The van der Waals surface area contributed by atoms with E-state index in [2.05, 4.69) is 38.3 Å². The average Bonchev–Trinajstić information content (AvgIpc) is 3.19. The third-order valence-corrected chi connectivity index (χ3v) is 14.5. The molecule has 3 fully saturated rings. The van der Waals surface area contributed by atoms with E-state index in [9.17, 15) is 13.8 Å². The number of carbonyl (C=O) groups excluding carboxylic acids is 2. The number of anilines is 1. The molecule has 1 saturated carbocycles. The highest BCUT2D eigenvalue weighted by Gasteiger charge is 2.45. The van der Waals surface area contributed by atoms with E-state index in [1.165, 1.54) is 11.1 Å². The van der Waals surface area contributed by atoms with Gasteiger partial charge in [0, 0.05) is 61.1 Å². The third kappa shape index (κ3) is 6.91. The summed E-state index contributed by atoms with van der Waals surface area (Å²) >= 11 is 6.46. The van der Waals surface area contributed by atoms with Crippen LogP contribution in [0.1, 0.15) is 60.5 Å². The summed E-state index contributed by atoms with van der Waals surface area (Å²) in [5.74, 6) is 1.66. The van der Waals surface area contributed by atoms with Gasteiger partial charge in [-0.3, -0.25) is 9.52 Å². The Bertz CT molecular complexity index is 1840. The molecule has 6 aliphatic rings. The molecule has 6 atom stereocenters. The van der Waals surface area contributed by atoms with Crippen LogP contribution < -0.4 is 14.4 Å². The van der Waals surface area contributed by atoms with Gasteiger partial charge in [-0.15, -0.1) is 4.36 Å². The van der Waals surface area contributed by atoms with Gasteiger partial charge >= 0.3 is 6.03 Å². The van der Waals surface area contributed by atoms with Crippen molar-refractivity contribution in [2.75, 3.05) is 63.8 Å². The normalized spacial score (nSPS) is 33.3. The Morgan fingerprint density at radius 1 is 1.10 bits per heavy atom. The van der Waals surface area contributed by atoms with Crippen molar-refractivity contribution in [3.8, 4) is 5.75 Å². The van der Waals surface area contributed by atoms with Crippen LogP contribution in [0.15, 0.2) is 52.9 Å². The van der Waals surface area contributed by atoms with E-state index in [1.807, 2.05) is 25.1 Å². The van der Waals surface area contributed by atoms with Gasteiger partial charge in [-0.25, -0.2) is 9.00 Å². The molecule has 0 radical (unpaired) electrons. The number of fused-ring (bicyclic) bond motifs is 4. The molecule has 4 heterocycles. The average molecular weight is 737 g/mol. The van der Waals surface area contributed by atoms with Crippen LogP contribution in [0.2, 0.25) is 5.02 Å². The predicted molar refractivity (Wildman–Crippen MR) is 198 cm³/mol. The molecule has 4 aliphatic heterocycles. The lowest BCUT2D eigenvalue weighted by molar-refractivity contribution is -0.0891. The summed E-state index contributed by atoms with van der Waals surface area (Å²) in [6, 6.07) is 11.2. The number of rotatable bonds is 3. The second kappa shape index (κ2) is 14.0. The molecule has 10 nitrogen and oxygen atoms in total. The summed E-state index contributed by atoms with van der Waals surface area (Å²) in [5.41, 5.74) is 3.47. The molecule has 274 valence electrons. The van der Waals surface area contributed by atoms with Crippen LogP contribution in [0, 0.1) is 29.6 Å². The van der Waals surface area contributed by atoms with E-state index < -0.39 is 21.9 Å². The van der Waals surface area contributed by atoms with Crippen LogP contribution in [0.25, 0.3) is 0 Å². The minimum absolute atomic E-state index is 0.0415. The van der Waals surface area contributed by atoms with E-state index in [0.29, 0.717) is 55.4 Å². The number of nitrogens with zero attached hydrogens (tertiary/aromatic N) is 3. The van der Waals surface area contributed by atoms with Crippen LogP contribution in [-0.2, 0) is 31.2 Å². The zero-order valence-electron chi connectivity index (χ0n) is 29.6. The fraction of sp³-hybridized carbons (Fsp3) is 0.590. The van der Waals surface area contributed by atoms with Gasteiger partial charge in [0.2, 0.25) is 0 Å². The number of hydrogen-bond donors (Lipinski definition) is 1. The fourth-order valence-electron chi connectivity index (χ4n) is 9.07. The molecule has 2 aromatic carbocycles. The van der Waals surface area contributed by atoms with Gasteiger partial charge < -0.3 is 24.0 Å². The van der Waals surface area contributed by atoms with Crippen molar-refractivity contribution in [1.29, 1.82) is 0 Å². The second-order valence-electron chi connectivity index (χ2n) is 15.8. The van der Waals surface area contributed by atoms with Crippen molar-refractivity contribution in [1.82, 2.24) is 9.62 Å². The van der Waals surface area contributed by atoms with E-state index >= 15 is 0 Å². The molecule has 2 bridgehead atoms. The largest absolute Gasteiger partial charge is 0.490 e. The molecule has 1 unspecified atom stereocenters. The first kappa shape index (κ1) is 34.9. The zero-order chi connectivity index (χ0) is 35.3. The van der Waals surface area contributed by atoms with Crippen LogP contribution in [0.5, 0.6) is 5.75 Å². The number of nitrogens with one attached hydrogen (secondary N) is 1. The maximum absolute atomic E-state index is 14.5. The second-order valence-corrected chi connectivity index (χ2v) is 18.3. The maximum atomic E-state index is 14.5. The lowest BCUT2D eigenvalue weighted by Crippen LogP contribution is -2.59. The topological polar surface area (TPSA) is 110 Å². The van der Waals surface area contributed by atoms with Crippen LogP contribution in [0.4, 0.5) is 10.5 Å². The SMILES string of the molecule is CO[C@H]1/C=C\C[C@H](C)CS(=O)(NC(=O)N2CC(C3COC3)C2)=NC(=O)c2ccc3c(c2)N(C[C@@H]2CC[C@H]21)C[C@@]1(CCCc2cc(Cl)ccc21)CO3. The Labute approximate surface area is 306 Å². The number of methoxy groups -OCH3 is 1.